The van der Waals surface area contributed by atoms with Gasteiger partial charge in [-0.15, -0.1) is 45.3 Å². The molecule has 0 saturated heterocycles. The van der Waals surface area contributed by atoms with Crippen LogP contribution in [0.2, 0.25) is 0 Å². The van der Waals surface area contributed by atoms with Gasteiger partial charge < -0.3 is 4.74 Å². The molecule has 0 aliphatic heterocycles. The smallest absolute Gasteiger partial charge is 0.263 e. The summed E-state index contributed by atoms with van der Waals surface area (Å²) in [6, 6.07) is 12.5. The van der Waals surface area contributed by atoms with E-state index in [0.717, 1.165) is 30.8 Å². The van der Waals surface area contributed by atoms with Crippen LogP contribution < -0.4 is 4.74 Å². The second-order valence-electron chi connectivity index (χ2n) is 9.06. The van der Waals surface area contributed by atoms with Crippen LogP contribution >= 0.6 is 45.3 Å². The van der Waals surface area contributed by atoms with E-state index in [4.69, 9.17) is 17.9 Å². The lowest BCUT2D eigenvalue weighted by molar-refractivity contribution is 0.243. The van der Waals surface area contributed by atoms with E-state index in [1.54, 1.807) is 46.2 Å². The van der Waals surface area contributed by atoms with E-state index in [0.29, 0.717) is 11.7 Å². The molecule has 38 heavy (non-hydrogen) atoms. The molecule has 188 valence electrons. The van der Waals surface area contributed by atoms with Crippen molar-refractivity contribution in [2.75, 3.05) is 0 Å². The third-order valence-corrected chi connectivity index (χ3v) is 10.1. The quantitative estimate of drug-likeness (QED) is 0.156. The number of thiophene rings is 4. The van der Waals surface area contributed by atoms with Gasteiger partial charge in [0.15, 0.2) is 0 Å². The molecule has 0 amide bonds. The van der Waals surface area contributed by atoms with Gasteiger partial charge >= 0.3 is 0 Å². The van der Waals surface area contributed by atoms with Crippen molar-refractivity contribution in [3.63, 3.8) is 0 Å². The van der Waals surface area contributed by atoms with E-state index < -0.39 is 0 Å². The Morgan fingerprint density at radius 3 is 1.82 bits per heavy atom. The highest BCUT2D eigenvalue weighted by molar-refractivity contribution is 7.33. The van der Waals surface area contributed by atoms with Crippen molar-refractivity contribution in [3.05, 3.63) is 73.8 Å². The van der Waals surface area contributed by atoms with Crippen molar-refractivity contribution in [2.24, 2.45) is 5.92 Å². The van der Waals surface area contributed by atoms with Gasteiger partial charge in [0.05, 0.1) is 36.3 Å². The lowest BCUT2D eigenvalue weighted by atomic mass is 10.0. The molecule has 4 rings (SSSR count). The average molecular weight is 571 g/mol. The van der Waals surface area contributed by atoms with Crippen LogP contribution in [-0.4, -0.2) is 6.10 Å². The van der Waals surface area contributed by atoms with Crippen molar-refractivity contribution >= 4 is 66.9 Å². The third kappa shape index (κ3) is 6.05. The van der Waals surface area contributed by atoms with E-state index in [-0.39, 0.29) is 17.5 Å². The second kappa shape index (κ2) is 11.8. The average Bonchev–Trinajstić information content (AvgIpc) is 3.63. The monoisotopic (exact) mass is 570 g/mol. The topological polar surface area (TPSA) is 65.5 Å². The van der Waals surface area contributed by atoms with Gasteiger partial charge in [-0.05, 0) is 62.1 Å². The fourth-order valence-electron chi connectivity index (χ4n) is 3.75. The van der Waals surface area contributed by atoms with E-state index in [1.165, 1.54) is 31.2 Å². The van der Waals surface area contributed by atoms with Crippen LogP contribution in [0, 0.1) is 41.7 Å². The van der Waals surface area contributed by atoms with Crippen LogP contribution in [0.5, 0.6) is 5.75 Å². The van der Waals surface area contributed by atoms with Gasteiger partial charge in [0.1, 0.15) is 5.75 Å². The second-order valence-corrected chi connectivity index (χ2v) is 13.4. The number of ether oxygens (including phenoxy) is 1. The van der Waals surface area contributed by atoms with Crippen LogP contribution in [-0.2, 0) is 6.42 Å². The van der Waals surface area contributed by atoms with E-state index in [1.807, 2.05) is 32.1 Å². The molecule has 0 aliphatic carbocycles. The SMILES string of the molecule is [C-]#[N+]/C(C#N)=C\c1sc(-c2cc3sc(-c4cc(OC(C)C)c(/C=C(\C#N)[N+]#[C-])s4)cc3s2)cc1CC(C)C. The van der Waals surface area contributed by atoms with Crippen molar-refractivity contribution in [2.45, 2.75) is 40.2 Å². The zero-order chi connectivity index (χ0) is 27.4. The predicted octanol–water partition coefficient (Wildman–Crippen LogP) is 9.97. The number of hydrogen-bond donors (Lipinski definition) is 0. The molecular weight excluding hydrogens is 549 g/mol. The Hall–Kier alpha value is -3.70. The van der Waals surface area contributed by atoms with Gasteiger partial charge in [0.25, 0.3) is 11.4 Å². The highest BCUT2D eigenvalue weighted by Crippen LogP contribution is 2.47. The van der Waals surface area contributed by atoms with E-state index in [9.17, 15) is 10.5 Å². The summed E-state index contributed by atoms with van der Waals surface area (Å²) in [6.45, 7) is 22.7. The van der Waals surface area contributed by atoms with Gasteiger partial charge in [-0.2, -0.15) is 0 Å². The number of fused-ring (bicyclic) bond motifs is 1. The number of hydrogen-bond acceptors (Lipinski definition) is 7. The first kappa shape index (κ1) is 27.3. The molecule has 5 nitrogen and oxygen atoms in total. The molecular formula is C29H22N4OS4. The summed E-state index contributed by atoms with van der Waals surface area (Å²) in [6.07, 6.45) is 4.16. The Kier molecular flexibility index (Phi) is 8.48. The van der Waals surface area contributed by atoms with Crippen LogP contribution in [0.3, 0.4) is 0 Å². The van der Waals surface area contributed by atoms with E-state index in [2.05, 4.69) is 41.7 Å². The van der Waals surface area contributed by atoms with Crippen molar-refractivity contribution in [3.8, 4) is 37.4 Å². The maximum absolute atomic E-state index is 9.24. The Morgan fingerprint density at radius 2 is 1.32 bits per heavy atom. The maximum Gasteiger partial charge on any atom is 0.263 e. The molecule has 4 aromatic rings. The third-order valence-electron chi connectivity index (χ3n) is 5.26. The summed E-state index contributed by atoms with van der Waals surface area (Å²) in [7, 11) is 0. The highest BCUT2D eigenvalue weighted by Gasteiger charge is 2.18. The summed E-state index contributed by atoms with van der Waals surface area (Å²) in [5.41, 5.74) is 1.30. The molecule has 0 saturated carbocycles. The van der Waals surface area contributed by atoms with Crippen LogP contribution in [0.15, 0.2) is 35.7 Å². The molecule has 4 heterocycles. The lowest BCUT2D eigenvalue weighted by Crippen LogP contribution is -2.05. The Morgan fingerprint density at radius 1 is 0.816 bits per heavy atom. The number of nitrogens with zero attached hydrogens (tertiary/aromatic N) is 4. The summed E-state index contributed by atoms with van der Waals surface area (Å²) < 4.78 is 8.34. The van der Waals surface area contributed by atoms with Gasteiger partial charge in [-0.25, -0.2) is 20.2 Å². The fraction of sp³-hybridized carbons (Fsp3) is 0.241. The van der Waals surface area contributed by atoms with Gasteiger partial charge in [0, 0.05) is 39.9 Å². The highest BCUT2D eigenvalue weighted by atomic mass is 32.1. The van der Waals surface area contributed by atoms with Crippen molar-refractivity contribution in [1.29, 1.82) is 10.5 Å². The number of rotatable bonds is 8. The molecule has 4 aromatic heterocycles. The number of allylic oxidation sites excluding steroid dienone is 2. The van der Waals surface area contributed by atoms with Crippen molar-refractivity contribution < 1.29 is 4.74 Å². The molecule has 0 atom stereocenters. The minimum absolute atomic E-state index is 0.0254. The molecule has 0 spiro atoms. The zero-order valence-corrected chi connectivity index (χ0v) is 24.4. The summed E-state index contributed by atoms with van der Waals surface area (Å²) in [5, 5.41) is 18.4. The summed E-state index contributed by atoms with van der Waals surface area (Å²) in [4.78, 5) is 12.8. The minimum atomic E-state index is -0.0254. The first-order chi connectivity index (χ1) is 18.2. The molecule has 0 aromatic carbocycles. The van der Waals surface area contributed by atoms with Crippen LogP contribution in [0.4, 0.5) is 0 Å². The molecule has 0 fully saturated rings. The predicted molar refractivity (Wildman–Crippen MR) is 161 cm³/mol. The summed E-state index contributed by atoms with van der Waals surface area (Å²) in [5.74, 6) is 1.15. The van der Waals surface area contributed by atoms with Crippen molar-refractivity contribution in [1.82, 2.24) is 0 Å². The minimum Gasteiger partial charge on any atom is -0.490 e. The molecule has 9 heteroatoms. The molecule has 0 aliphatic rings. The van der Waals surface area contributed by atoms with Gasteiger partial charge in [-0.1, -0.05) is 13.8 Å². The molecule has 0 unspecified atom stereocenters. The van der Waals surface area contributed by atoms with Gasteiger partial charge in [-0.3, -0.25) is 0 Å². The summed E-state index contributed by atoms with van der Waals surface area (Å²) >= 11 is 6.58. The first-order valence-corrected chi connectivity index (χ1v) is 15.0. The molecule has 0 N–H and O–H groups in total. The maximum atomic E-state index is 9.24. The standard InChI is InChI=1S/C29H22N4OS4/c1-16(2)7-18-8-24(35-22(18)9-19(14-30)32-5)26-12-28-29(37-26)13-27(38-28)25-11-21(34-17(3)4)23(36-25)10-20(15-31)33-6/h8-13,16-17H,7H2,1-4H3/b19-9-,20-10+. The Balaban J connectivity index is 1.71. The molecule has 0 radical (unpaired) electrons. The normalized spacial score (nSPS) is 11.9. The lowest BCUT2D eigenvalue weighted by Gasteiger charge is -2.08. The Bertz CT molecular complexity index is 1540. The van der Waals surface area contributed by atoms with E-state index >= 15 is 0 Å². The van der Waals surface area contributed by atoms with Gasteiger partial charge in [0.2, 0.25) is 0 Å². The first-order valence-electron chi connectivity index (χ1n) is 11.7. The van der Waals surface area contributed by atoms with Crippen LogP contribution in [0.25, 0.3) is 50.8 Å². The number of nitriles is 2. The largest absolute Gasteiger partial charge is 0.490 e. The fourth-order valence-corrected chi connectivity index (χ4v) is 8.45. The zero-order valence-electron chi connectivity index (χ0n) is 21.2. The van der Waals surface area contributed by atoms with Crippen LogP contribution in [0.1, 0.15) is 43.0 Å². The Labute approximate surface area is 238 Å². The molecule has 0 bridgehead atoms.